The Morgan fingerprint density at radius 3 is 1.39 bits per heavy atom. The van der Waals surface area contributed by atoms with Gasteiger partial charge in [0, 0.05) is 0 Å². The molecule has 18 heavy (non-hydrogen) atoms. The molecule has 0 aliphatic heterocycles. The molecule has 0 unspecified atom stereocenters. The third-order valence-electron chi connectivity index (χ3n) is 2.03. The van der Waals surface area contributed by atoms with Crippen LogP contribution >= 0.6 is 0 Å². The maximum absolute atomic E-state index is 7.75. The quantitative estimate of drug-likeness (QED) is 0.307. The van der Waals surface area contributed by atoms with E-state index in [1.807, 2.05) is 0 Å². The van der Waals surface area contributed by atoms with Crippen molar-refractivity contribution in [1.29, 1.82) is 0 Å². The Hall–Kier alpha value is -0.367. The molecule has 0 N–H and O–H groups in total. The van der Waals surface area contributed by atoms with Crippen LogP contribution in [0.4, 0.5) is 0 Å². The molecule has 0 aromatic carbocycles. The van der Waals surface area contributed by atoms with Crippen molar-refractivity contribution in [2.45, 2.75) is 65.7 Å². The number of carbonyl (C=O) groups excluding carboxylic acids is 3. The van der Waals surface area contributed by atoms with Gasteiger partial charge < -0.3 is 20.3 Å². The first-order chi connectivity index (χ1) is 8.27. The average Bonchev–Trinajstić information content (AvgIpc) is 2.40. The first-order valence-electron chi connectivity index (χ1n) is 5.77. The molecule has 0 saturated carbocycles. The Bertz CT molecular complexity index is 106. The van der Waals surface area contributed by atoms with Gasteiger partial charge in [-0.2, -0.15) is 20.3 Å². The molecule has 3 nitrogen and oxygen atoms in total. The largest absolute Gasteiger partial charge is 4.00 e. The SMILES string of the molecule is CCCCCCCC[C-](C)C.[CH-]=O.[CH-]=O.[CH-]=O.[Ru+4]. The average molecular weight is 343 g/mol. The van der Waals surface area contributed by atoms with Crippen LogP contribution in [0.2, 0.25) is 0 Å². The van der Waals surface area contributed by atoms with Crippen LogP contribution in [0.1, 0.15) is 65.7 Å². The van der Waals surface area contributed by atoms with Gasteiger partial charge in [0.15, 0.2) is 0 Å². The van der Waals surface area contributed by atoms with Gasteiger partial charge in [0.05, 0.1) is 0 Å². The van der Waals surface area contributed by atoms with Gasteiger partial charge in [-0.1, -0.05) is 45.4 Å². The molecule has 0 atom stereocenters. The molecule has 0 fully saturated rings. The van der Waals surface area contributed by atoms with Gasteiger partial charge >= 0.3 is 19.5 Å². The van der Waals surface area contributed by atoms with Crippen LogP contribution in [0.25, 0.3) is 0 Å². The summed E-state index contributed by atoms with van der Waals surface area (Å²) in [7, 11) is 0. The fraction of sp³-hybridized carbons (Fsp3) is 0.714. The van der Waals surface area contributed by atoms with Gasteiger partial charge in [0.2, 0.25) is 0 Å². The molecule has 0 bridgehead atoms. The Balaban J connectivity index is -0.0000000700. The molecule has 0 aromatic rings. The van der Waals surface area contributed by atoms with Gasteiger partial charge in [-0.3, -0.25) is 20.4 Å². The molecule has 0 radical (unpaired) electrons. The smallest absolute Gasteiger partial charge is 0.545 e. The molecular formula is C14H26O3Ru. The molecule has 0 rings (SSSR count). The Kier molecular flexibility index (Phi) is 74.4. The van der Waals surface area contributed by atoms with Crippen molar-refractivity contribution in [2.24, 2.45) is 0 Å². The van der Waals surface area contributed by atoms with E-state index in [9.17, 15) is 0 Å². The number of hydrogen-bond donors (Lipinski definition) is 0. The Labute approximate surface area is 126 Å². The van der Waals surface area contributed by atoms with E-state index in [2.05, 4.69) is 41.1 Å². The summed E-state index contributed by atoms with van der Waals surface area (Å²) in [5, 5.41) is 0. The maximum atomic E-state index is 7.75. The monoisotopic (exact) mass is 344 g/mol. The number of rotatable bonds is 7. The molecule has 0 saturated heterocycles. The van der Waals surface area contributed by atoms with Crippen molar-refractivity contribution in [3.05, 3.63) is 5.92 Å². The van der Waals surface area contributed by atoms with E-state index >= 15 is 0 Å². The van der Waals surface area contributed by atoms with Crippen molar-refractivity contribution in [3.8, 4) is 0 Å². The topological polar surface area (TPSA) is 51.2 Å². The second kappa shape index (κ2) is 43.8. The van der Waals surface area contributed by atoms with E-state index in [0.717, 1.165) is 0 Å². The fourth-order valence-electron chi connectivity index (χ4n) is 1.26. The van der Waals surface area contributed by atoms with Gasteiger partial charge in [-0.15, -0.1) is 0 Å². The summed E-state index contributed by atoms with van der Waals surface area (Å²) in [6.45, 7) is 16.5. The standard InChI is InChI=1S/C11H23.3CHO.Ru/c1-4-5-6-7-8-9-10-11(2)3;3*1-2;/h4-10H2,1-3H3;3*1H;/q4*-1;+4. The molecule has 0 aliphatic carbocycles. The van der Waals surface area contributed by atoms with Crippen molar-refractivity contribution in [1.82, 2.24) is 0 Å². The maximum Gasteiger partial charge on any atom is 4.00 e. The molecule has 108 valence electrons. The minimum absolute atomic E-state index is 0. The molecule has 4 heteroatoms. The third kappa shape index (κ3) is 57.5. The van der Waals surface area contributed by atoms with E-state index in [4.69, 9.17) is 14.4 Å². The number of unbranched alkanes of at least 4 members (excludes halogenated alkanes) is 5. The predicted octanol–water partition coefficient (Wildman–Crippen LogP) is 3.53. The summed E-state index contributed by atoms with van der Waals surface area (Å²) in [5.41, 5.74) is 0. The minimum Gasteiger partial charge on any atom is -0.545 e. The van der Waals surface area contributed by atoms with Crippen LogP contribution in [-0.2, 0) is 33.9 Å². The Morgan fingerprint density at radius 2 is 1.06 bits per heavy atom. The molecule has 0 amide bonds. The van der Waals surface area contributed by atoms with Crippen LogP contribution in [-0.4, -0.2) is 20.4 Å². The second-order valence-electron chi connectivity index (χ2n) is 3.72. The van der Waals surface area contributed by atoms with Gasteiger partial charge in [0.25, 0.3) is 0 Å². The van der Waals surface area contributed by atoms with E-state index in [0.29, 0.717) is 0 Å². The van der Waals surface area contributed by atoms with Crippen LogP contribution in [0.15, 0.2) is 0 Å². The van der Waals surface area contributed by atoms with Crippen LogP contribution in [0.5, 0.6) is 0 Å². The summed E-state index contributed by atoms with van der Waals surface area (Å²) in [4.78, 5) is 23.2. The zero-order valence-electron chi connectivity index (χ0n) is 11.8. The van der Waals surface area contributed by atoms with Gasteiger partial charge in [-0.05, 0) is 0 Å². The summed E-state index contributed by atoms with van der Waals surface area (Å²) in [5.74, 6) is 1.58. The van der Waals surface area contributed by atoms with Crippen molar-refractivity contribution in [2.75, 3.05) is 0 Å². The van der Waals surface area contributed by atoms with Gasteiger partial charge in [-0.25, -0.2) is 0 Å². The summed E-state index contributed by atoms with van der Waals surface area (Å²) >= 11 is 0. The van der Waals surface area contributed by atoms with E-state index in [1.165, 1.54) is 44.9 Å². The minimum atomic E-state index is 0. The van der Waals surface area contributed by atoms with Crippen LogP contribution in [0, 0.1) is 5.92 Å². The predicted molar refractivity (Wildman–Crippen MR) is 72.8 cm³/mol. The summed E-state index contributed by atoms with van der Waals surface area (Å²) in [6, 6.07) is 0. The Morgan fingerprint density at radius 1 is 0.722 bits per heavy atom. The zero-order chi connectivity index (χ0) is 14.5. The second-order valence-corrected chi connectivity index (χ2v) is 3.72. The normalized spacial score (nSPS) is 7.33. The fourth-order valence-corrected chi connectivity index (χ4v) is 1.26. The van der Waals surface area contributed by atoms with Gasteiger partial charge in [0.1, 0.15) is 0 Å². The first kappa shape index (κ1) is 30.6. The van der Waals surface area contributed by atoms with E-state index in [-0.39, 0.29) is 19.5 Å². The molecule has 0 heterocycles. The zero-order valence-corrected chi connectivity index (χ0v) is 13.5. The third-order valence-corrected chi connectivity index (χ3v) is 2.03. The van der Waals surface area contributed by atoms with Crippen LogP contribution < -0.4 is 0 Å². The molecule has 0 spiro atoms. The number of hydrogen-bond acceptors (Lipinski definition) is 3. The van der Waals surface area contributed by atoms with E-state index in [1.54, 1.807) is 5.92 Å². The molecule has 0 aromatic heterocycles. The first-order valence-corrected chi connectivity index (χ1v) is 5.77. The van der Waals surface area contributed by atoms with Crippen molar-refractivity contribution in [3.63, 3.8) is 0 Å². The van der Waals surface area contributed by atoms with E-state index < -0.39 is 0 Å². The van der Waals surface area contributed by atoms with Crippen molar-refractivity contribution < 1.29 is 33.9 Å². The molecule has 0 aliphatic rings. The van der Waals surface area contributed by atoms with Crippen molar-refractivity contribution >= 4 is 20.4 Å². The summed E-state index contributed by atoms with van der Waals surface area (Å²) < 4.78 is 0. The van der Waals surface area contributed by atoms with Crippen LogP contribution in [0.3, 0.4) is 0 Å². The summed E-state index contributed by atoms with van der Waals surface area (Å²) in [6.07, 6.45) is 9.86. The molecular weight excluding hydrogens is 317 g/mol.